The number of anilines is 1. The number of carbonyl (C=O) groups excluding carboxylic acids is 1. The van der Waals surface area contributed by atoms with Gasteiger partial charge in [-0.05, 0) is 43.0 Å². The predicted octanol–water partition coefficient (Wildman–Crippen LogP) is 3.60. The van der Waals surface area contributed by atoms with Crippen LogP contribution in [0, 0.1) is 5.92 Å². The van der Waals surface area contributed by atoms with Gasteiger partial charge in [-0.1, -0.05) is 37.5 Å². The summed E-state index contributed by atoms with van der Waals surface area (Å²) in [5, 5.41) is 2.93. The molecule has 1 N–H and O–H groups in total. The largest absolute Gasteiger partial charge is 0.497 e. The van der Waals surface area contributed by atoms with Crippen molar-refractivity contribution in [3.05, 3.63) is 48.5 Å². The Morgan fingerprint density at radius 3 is 2.39 bits per heavy atom. The smallest absolute Gasteiger partial charge is 0.264 e. The zero-order valence-corrected chi connectivity index (χ0v) is 18.9. The highest BCUT2D eigenvalue weighted by molar-refractivity contribution is 7.92. The fraction of sp³-hybridized carbons (Fsp3) is 0.435. The van der Waals surface area contributed by atoms with Crippen molar-refractivity contribution in [2.45, 2.75) is 37.0 Å². The molecule has 31 heavy (non-hydrogen) atoms. The maximum absolute atomic E-state index is 13.5. The summed E-state index contributed by atoms with van der Waals surface area (Å²) >= 11 is 0. The van der Waals surface area contributed by atoms with Crippen molar-refractivity contribution in [2.24, 2.45) is 5.92 Å². The monoisotopic (exact) mass is 446 g/mol. The Balaban J connectivity index is 1.90. The third-order valence-electron chi connectivity index (χ3n) is 5.59. The van der Waals surface area contributed by atoms with Gasteiger partial charge in [0.25, 0.3) is 10.0 Å². The molecule has 0 aliphatic heterocycles. The van der Waals surface area contributed by atoms with Gasteiger partial charge >= 0.3 is 0 Å². The van der Waals surface area contributed by atoms with Gasteiger partial charge in [0.05, 0.1) is 24.8 Å². The number of hydrogen-bond donors (Lipinski definition) is 1. The van der Waals surface area contributed by atoms with E-state index in [0.29, 0.717) is 24.0 Å². The number of amides is 1. The molecular weight excluding hydrogens is 416 g/mol. The number of ether oxygens (including phenoxy) is 2. The lowest BCUT2D eigenvalue weighted by atomic mass is 9.89. The Hall–Kier alpha value is -2.74. The second-order valence-corrected chi connectivity index (χ2v) is 9.53. The van der Waals surface area contributed by atoms with E-state index >= 15 is 0 Å². The molecule has 0 aromatic heterocycles. The van der Waals surface area contributed by atoms with E-state index in [4.69, 9.17) is 9.47 Å². The van der Waals surface area contributed by atoms with Crippen LogP contribution < -0.4 is 19.1 Å². The van der Waals surface area contributed by atoms with Crippen LogP contribution in [0.25, 0.3) is 0 Å². The molecule has 1 aliphatic carbocycles. The Labute approximate surface area is 184 Å². The Kier molecular flexibility index (Phi) is 7.79. The van der Waals surface area contributed by atoms with Crippen LogP contribution in [0.1, 0.15) is 32.1 Å². The van der Waals surface area contributed by atoms with Crippen LogP contribution in [0.15, 0.2) is 53.4 Å². The maximum atomic E-state index is 13.5. The van der Waals surface area contributed by atoms with Gasteiger partial charge in [-0.3, -0.25) is 9.10 Å². The molecule has 0 atom stereocenters. The van der Waals surface area contributed by atoms with Crippen molar-refractivity contribution >= 4 is 21.6 Å². The summed E-state index contributed by atoms with van der Waals surface area (Å²) in [6, 6.07) is 12.9. The summed E-state index contributed by atoms with van der Waals surface area (Å²) in [5.41, 5.74) is 0.249. The second-order valence-electron chi connectivity index (χ2n) is 7.67. The zero-order chi connectivity index (χ0) is 22.3. The molecule has 0 heterocycles. The number of rotatable bonds is 9. The van der Waals surface area contributed by atoms with E-state index in [1.54, 1.807) is 36.4 Å². The van der Waals surface area contributed by atoms with E-state index in [-0.39, 0.29) is 23.0 Å². The molecule has 3 rings (SSSR count). The zero-order valence-electron chi connectivity index (χ0n) is 18.0. The molecule has 7 nitrogen and oxygen atoms in total. The van der Waals surface area contributed by atoms with E-state index < -0.39 is 10.0 Å². The standard InChI is InChI=1S/C23H30N2O5S/c1-29-19-13-14-22(30-2)21(15-19)25(31(27,28)20-11-7-4-8-12-20)17-23(26)24-16-18-9-5-3-6-10-18/h4,7-8,11-15,18H,3,5-6,9-10,16-17H2,1-2H3,(H,24,26). The summed E-state index contributed by atoms with van der Waals surface area (Å²) in [7, 11) is -1.05. The fourth-order valence-corrected chi connectivity index (χ4v) is 5.29. The molecule has 1 fully saturated rings. The molecule has 2 aromatic rings. The Morgan fingerprint density at radius 2 is 1.74 bits per heavy atom. The molecule has 0 bridgehead atoms. The number of benzene rings is 2. The van der Waals surface area contributed by atoms with Gasteiger partial charge in [0.2, 0.25) is 5.91 Å². The first-order valence-corrected chi connectivity index (χ1v) is 12.0. The van der Waals surface area contributed by atoms with E-state index in [1.165, 1.54) is 45.6 Å². The summed E-state index contributed by atoms with van der Waals surface area (Å²) in [6.07, 6.45) is 5.78. The highest BCUT2D eigenvalue weighted by atomic mass is 32.2. The normalized spacial score (nSPS) is 14.6. The molecule has 8 heteroatoms. The van der Waals surface area contributed by atoms with E-state index in [1.807, 2.05) is 0 Å². The average molecular weight is 447 g/mol. The average Bonchev–Trinajstić information content (AvgIpc) is 2.82. The van der Waals surface area contributed by atoms with Crippen LogP contribution in [0.2, 0.25) is 0 Å². The third-order valence-corrected chi connectivity index (χ3v) is 7.36. The lowest BCUT2D eigenvalue weighted by Gasteiger charge is -2.27. The van der Waals surface area contributed by atoms with E-state index in [0.717, 1.165) is 17.1 Å². The topological polar surface area (TPSA) is 84.9 Å². The Morgan fingerprint density at radius 1 is 1.03 bits per heavy atom. The summed E-state index contributed by atoms with van der Waals surface area (Å²) in [5.74, 6) is 0.894. The van der Waals surface area contributed by atoms with E-state index in [2.05, 4.69) is 5.32 Å². The van der Waals surface area contributed by atoms with Gasteiger partial charge in [0.1, 0.15) is 18.0 Å². The summed E-state index contributed by atoms with van der Waals surface area (Å²) in [6.45, 7) is 0.209. The molecule has 2 aromatic carbocycles. The molecule has 0 radical (unpaired) electrons. The van der Waals surface area contributed by atoms with Crippen molar-refractivity contribution in [3.8, 4) is 11.5 Å². The number of sulfonamides is 1. The first-order valence-electron chi connectivity index (χ1n) is 10.5. The van der Waals surface area contributed by atoms with Gasteiger partial charge in [0.15, 0.2) is 0 Å². The van der Waals surface area contributed by atoms with Crippen LogP contribution in [-0.4, -0.2) is 41.6 Å². The minimum atomic E-state index is -4.01. The highest BCUT2D eigenvalue weighted by Gasteiger charge is 2.30. The molecule has 0 spiro atoms. The molecular formula is C23H30N2O5S. The SMILES string of the molecule is COc1ccc(OC)c(N(CC(=O)NCC2CCCCC2)S(=O)(=O)c2ccccc2)c1. The number of nitrogens with one attached hydrogen (secondary N) is 1. The first-order chi connectivity index (χ1) is 15.0. The van der Waals surface area contributed by atoms with Gasteiger partial charge in [-0.2, -0.15) is 0 Å². The van der Waals surface area contributed by atoms with Gasteiger partial charge in [-0.15, -0.1) is 0 Å². The highest BCUT2D eigenvalue weighted by Crippen LogP contribution is 2.35. The van der Waals surface area contributed by atoms with Crippen molar-refractivity contribution in [1.82, 2.24) is 5.32 Å². The van der Waals surface area contributed by atoms with Gasteiger partial charge in [-0.25, -0.2) is 8.42 Å². The quantitative estimate of drug-likeness (QED) is 0.636. The molecule has 168 valence electrons. The summed E-state index contributed by atoms with van der Waals surface area (Å²) < 4.78 is 38.7. The fourth-order valence-electron chi connectivity index (χ4n) is 3.85. The van der Waals surface area contributed by atoms with E-state index in [9.17, 15) is 13.2 Å². The van der Waals surface area contributed by atoms with Crippen LogP contribution in [0.5, 0.6) is 11.5 Å². The van der Waals surface area contributed by atoms with Gasteiger partial charge < -0.3 is 14.8 Å². The van der Waals surface area contributed by atoms with Crippen LogP contribution in [0.3, 0.4) is 0 Å². The molecule has 1 amide bonds. The first kappa shape index (κ1) is 22.9. The van der Waals surface area contributed by atoms with Crippen molar-refractivity contribution in [3.63, 3.8) is 0 Å². The number of methoxy groups -OCH3 is 2. The van der Waals surface area contributed by atoms with Crippen LogP contribution >= 0.6 is 0 Å². The van der Waals surface area contributed by atoms with Crippen molar-refractivity contribution in [2.75, 3.05) is 31.6 Å². The molecule has 0 unspecified atom stereocenters. The van der Waals surface area contributed by atoms with Crippen LogP contribution in [0.4, 0.5) is 5.69 Å². The minimum Gasteiger partial charge on any atom is -0.497 e. The van der Waals surface area contributed by atoms with Gasteiger partial charge in [0, 0.05) is 12.6 Å². The van der Waals surface area contributed by atoms with Crippen molar-refractivity contribution in [1.29, 1.82) is 0 Å². The lowest BCUT2D eigenvalue weighted by molar-refractivity contribution is -0.119. The lowest BCUT2D eigenvalue weighted by Crippen LogP contribution is -2.42. The number of carbonyl (C=O) groups is 1. The Bertz CT molecular complexity index is 973. The summed E-state index contributed by atoms with van der Waals surface area (Å²) in [4.78, 5) is 12.9. The predicted molar refractivity (Wildman–Crippen MR) is 120 cm³/mol. The number of hydrogen-bond acceptors (Lipinski definition) is 5. The maximum Gasteiger partial charge on any atom is 0.264 e. The minimum absolute atomic E-state index is 0.0972. The van der Waals surface area contributed by atoms with Crippen molar-refractivity contribution < 1.29 is 22.7 Å². The molecule has 1 aliphatic rings. The molecule has 0 saturated heterocycles. The second kappa shape index (κ2) is 10.5. The number of nitrogens with zero attached hydrogens (tertiary/aromatic N) is 1. The third kappa shape index (κ3) is 5.70. The molecule has 1 saturated carbocycles. The van der Waals surface area contributed by atoms with Crippen LogP contribution in [-0.2, 0) is 14.8 Å².